The van der Waals surface area contributed by atoms with Gasteiger partial charge < -0.3 is 24.9 Å². The third-order valence-corrected chi connectivity index (χ3v) is 14.4. The van der Waals surface area contributed by atoms with E-state index in [1.54, 1.807) is 0 Å². The number of aliphatic hydroxyl groups is 2. The number of aromatic nitrogens is 2. The fourth-order valence-electron chi connectivity index (χ4n) is 10.8. The molecule has 4 fully saturated rings. The van der Waals surface area contributed by atoms with Gasteiger partial charge in [-0.05, 0) is 91.3 Å². The van der Waals surface area contributed by atoms with Gasteiger partial charge in [-0.25, -0.2) is 18.7 Å². The molecule has 1 unspecified atom stereocenters. The van der Waals surface area contributed by atoms with Gasteiger partial charge in [0.1, 0.15) is 12.3 Å². The van der Waals surface area contributed by atoms with Crippen molar-refractivity contribution in [2.45, 2.75) is 136 Å². The van der Waals surface area contributed by atoms with Crippen LogP contribution in [0.2, 0.25) is 0 Å². The molecule has 14 heteroatoms. The van der Waals surface area contributed by atoms with Crippen LogP contribution in [0.3, 0.4) is 0 Å². The Kier molecular flexibility index (Phi) is 12.6. The smallest absolute Gasteiger partial charge is 0.856 e. The second kappa shape index (κ2) is 15.6. The van der Waals surface area contributed by atoms with Gasteiger partial charge in [0.05, 0.1) is 24.9 Å². The molecule has 2 heterocycles. The first-order valence-corrected chi connectivity index (χ1v) is 19.9. The summed E-state index contributed by atoms with van der Waals surface area (Å²) >= 11 is 0. The molecule has 0 amide bonds. The third kappa shape index (κ3) is 7.91. The predicted molar refractivity (Wildman–Crippen MR) is 178 cm³/mol. The van der Waals surface area contributed by atoms with Crippen molar-refractivity contribution >= 4 is 7.82 Å². The molecule has 0 aromatic carbocycles. The molecule has 0 bridgehead atoms. The normalized spacial score (nSPS) is 39.9. The van der Waals surface area contributed by atoms with Gasteiger partial charge in [0.25, 0.3) is 0 Å². The Labute approximate surface area is 317 Å². The summed E-state index contributed by atoms with van der Waals surface area (Å²) in [6, 6.07) is 0. The van der Waals surface area contributed by atoms with Gasteiger partial charge in [-0.1, -0.05) is 65.5 Å². The number of ether oxygens (including phenoxy) is 1. The second-order valence-corrected chi connectivity index (χ2v) is 18.1. The van der Waals surface area contributed by atoms with Crippen molar-refractivity contribution in [1.29, 1.82) is 0 Å². The molecule has 3 N–H and O–H groups in total. The molecule has 276 valence electrons. The van der Waals surface area contributed by atoms with Crippen LogP contribution in [0.1, 0.15) is 111 Å². The van der Waals surface area contributed by atoms with E-state index in [0.29, 0.717) is 42.7 Å². The summed E-state index contributed by atoms with van der Waals surface area (Å²) in [5.41, 5.74) is 0.185. The first kappa shape index (κ1) is 40.5. The van der Waals surface area contributed by atoms with Crippen LogP contribution in [0.15, 0.2) is 22.6 Å². The van der Waals surface area contributed by atoms with Crippen LogP contribution < -0.4 is 40.4 Å². The number of halogens is 1. The SMILES string of the molecule is CC(C)CCC[C@@H](C)[C@H]1CC[C@H]2[C@@H]3[C@@H](O)C=C4C[C@@H](OP(=O)(O)OC[C@H]5O[C@@H](n6cc(F)c([O-])nc6=O)C[C@@H]5O)CC[C@]4(C)[C@H]3CC[C@]12C.[Na+]. The van der Waals surface area contributed by atoms with Crippen molar-refractivity contribution in [2.24, 2.45) is 46.3 Å². The maximum absolute atomic E-state index is 13.7. The molecule has 50 heavy (non-hydrogen) atoms. The van der Waals surface area contributed by atoms with Gasteiger partial charge >= 0.3 is 43.1 Å². The van der Waals surface area contributed by atoms with Gasteiger partial charge in [0.2, 0.25) is 0 Å². The molecule has 1 saturated heterocycles. The summed E-state index contributed by atoms with van der Waals surface area (Å²) < 4.78 is 44.1. The Balaban J connectivity index is 0.00000486. The van der Waals surface area contributed by atoms with E-state index < -0.39 is 62.5 Å². The minimum absolute atomic E-state index is 0. The first-order valence-electron chi connectivity index (χ1n) is 18.4. The van der Waals surface area contributed by atoms with Crippen LogP contribution in [0.5, 0.6) is 5.88 Å². The van der Waals surface area contributed by atoms with Crippen LogP contribution in [-0.4, -0.2) is 55.7 Å². The molecule has 5 aliphatic rings. The van der Waals surface area contributed by atoms with Crippen LogP contribution >= 0.6 is 7.82 Å². The average molecular weight is 733 g/mol. The zero-order valence-electron chi connectivity index (χ0n) is 30.5. The van der Waals surface area contributed by atoms with Crippen LogP contribution in [0.25, 0.3) is 0 Å². The largest absolute Gasteiger partial charge is 1.00 e. The molecule has 0 spiro atoms. The molecule has 4 aliphatic carbocycles. The number of phosphoric ester groups is 1. The topological polar surface area (TPSA) is 163 Å². The standard InChI is InChI=1S/C36H56FN2O9P.Na/c1-20(2)7-6-8-21(3)24-9-10-25-32-26(12-14-36(24,25)5)35(4)13-11-23(15-22(35)16-29(32)41)48-49(44,45)46-19-30-28(40)17-31(47-30)39-18-27(37)33(42)38-34(39)43;/h16,18,20-21,23-26,28-32,40-41H,6-15,17,19H2,1-5H3,(H,44,45)(H,38,42,43);/q;+1/p-1/t21-,23+,24-,25+,26+,28+,29+,30-,31-,32+,35+,36-;/m1./s1. The molecule has 6 rings (SSSR count). The molecule has 3 saturated carbocycles. The van der Waals surface area contributed by atoms with Gasteiger partial charge in [0, 0.05) is 18.5 Å². The van der Waals surface area contributed by atoms with E-state index in [1.807, 2.05) is 6.08 Å². The fraction of sp³-hybridized carbons (Fsp3) is 0.833. The van der Waals surface area contributed by atoms with E-state index in [1.165, 1.54) is 38.5 Å². The van der Waals surface area contributed by atoms with Gasteiger partial charge in [-0.2, -0.15) is 0 Å². The zero-order valence-corrected chi connectivity index (χ0v) is 33.4. The average Bonchev–Trinajstić information content (AvgIpc) is 3.57. The third-order valence-electron chi connectivity index (χ3n) is 13.4. The molecular formula is C36H55FN2NaO9P. The fourth-order valence-corrected chi connectivity index (χ4v) is 11.7. The van der Waals surface area contributed by atoms with E-state index in [4.69, 9.17) is 13.8 Å². The zero-order chi connectivity index (χ0) is 35.5. The molecule has 1 aliphatic heterocycles. The number of aliphatic hydroxyl groups excluding tert-OH is 2. The van der Waals surface area contributed by atoms with Gasteiger partial charge in [0.15, 0.2) is 5.82 Å². The second-order valence-electron chi connectivity index (χ2n) is 16.7. The van der Waals surface area contributed by atoms with Crippen molar-refractivity contribution in [3.8, 4) is 5.88 Å². The number of hydrogen-bond acceptors (Lipinski definition) is 9. The summed E-state index contributed by atoms with van der Waals surface area (Å²) in [7, 11) is -4.59. The molecule has 1 aromatic heterocycles. The maximum atomic E-state index is 13.7. The Morgan fingerprint density at radius 3 is 2.60 bits per heavy atom. The molecule has 0 radical (unpaired) electrons. The van der Waals surface area contributed by atoms with E-state index in [-0.39, 0.29) is 52.7 Å². The summed E-state index contributed by atoms with van der Waals surface area (Å²) in [5, 5.41) is 33.5. The number of fused-ring (bicyclic) bond motifs is 5. The van der Waals surface area contributed by atoms with Crippen molar-refractivity contribution in [1.82, 2.24) is 9.55 Å². The molecule has 11 nitrogen and oxygen atoms in total. The summed E-state index contributed by atoms with van der Waals surface area (Å²) in [6.45, 7) is 11.3. The Hall–Kier alpha value is -0.660. The van der Waals surface area contributed by atoms with E-state index in [0.717, 1.165) is 28.9 Å². The van der Waals surface area contributed by atoms with Crippen LogP contribution in [-0.2, 0) is 18.3 Å². The molecule has 13 atom stereocenters. The van der Waals surface area contributed by atoms with Crippen molar-refractivity contribution in [2.75, 3.05) is 6.61 Å². The summed E-state index contributed by atoms with van der Waals surface area (Å²) in [5.74, 6) is 0.632. The quantitative estimate of drug-likeness (QED) is 0.175. The summed E-state index contributed by atoms with van der Waals surface area (Å²) in [6.07, 6.45) is 8.24. The predicted octanol–water partition coefficient (Wildman–Crippen LogP) is 2.62. The van der Waals surface area contributed by atoms with Crippen LogP contribution in [0, 0.1) is 52.2 Å². The van der Waals surface area contributed by atoms with E-state index in [9.17, 15) is 34.0 Å². The molecule has 1 aromatic rings. The maximum Gasteiger partial charge on any atom is 1.00 e. The number of phosphoric acid groups is 1. The van der Waals surface area contributed by atoms with Crippen molar-refractivity contribution < 1.29 is 72.5 Å². The van der Waals surface area contributed by atoms with E-state index >= 15 is 0 Å². The van der Waals surface area contributed by atoms with Crippen LogP contribution in [0.4, 0.5) is 4.39 Å². The summed E-state index contributed by atoms with van der Waals surface area (Å²) in [4.78, 5) is 25.8. The Morgan fingerprint density at radius 2 is 1.88 bits per heavy atom. The Bertz CT molecular complexity index is 1510. The number of rotatable bonds is 11. The minimum Gasteiger partial charge on any atom is -0.856 e. The molecular weight excluding hydrogens is 677 g/mol. The Morgan fingerprint density at radius 1 is 1.14 bits per heavy atom. The number of hydrogen-bond donors (Lipinski definition) is 3. The van der Waals surface area contributed by atoms with Crippen molar-refractivity contribution in [3.05, 3.63) is 34.1 Å². The van der Waals surface area contributed by atoms with Gasteiger partial charge in [-0.15, -0.1) is 0 Å². The monoisotopic (exact) mass is 732 g/mol. The van der Waals surface area contributed by atoms with Crippen molar-refractivity contribution in [3.63, 3.8) is 0 Å². The van der Waals surface area contributed by atoms with Gasteiger partial charge in [-0.3, -0.25) is 13.6 Å². The van der Waals surface area contributed by atoms with E-state index in [2.05, 4.69) is 39.6 Å². The first-order chi connectivity index (χ1) is 23.0. The minimum atomic E-state index is -4.59. The number of nitrogens with zero attached hydrogens (tertiary/aromatic N) is 2.